The maximum atomic E-state index is 12.4. The highest BCUT2D eigenvalue weighted by Crippen LogP contribution is 2.33. The summed E-state index contributed by atoms with van der Waals surface area (Å²) < 4.78 is 16.6. The van der Waals surface area contributed by atoms with Crippen LogP contribution in [0.15, 0.2) is 24.3 Å². The number of hydrogen-bond acceptors (Lipinski definition) is 7. The van der Waals surface area contributed by atoms with Gasteiger partial charge in [0, 0.05) is 30.6 Å². The third-order valence-corrected chi connectivity index (χ3v) is 4.40. The number of hydrogen-bond donors (Lipinski definition) is 2. The molecule has 1 aromatic carbocycles. The van der Waals surface area contributed by atoms with Gasteiger partial charge >= 0.3 is 0 Å². The van der Waals surface area contributed by atoms with Crippen molar-refractivity contribution in [1.82, 2.24) is 15.3 Å². The number of fused-ring (bicyclic) bond motifs is 1. The molecule has 2 N–H and O–H groups in total. The zero-order chi connectivity index (χ0) is 18.6. The quantitative estimate of drug-likeness (QED) is 0.833. The molecule has 1 atom stereocenters. The molecule has 8 heteroatoms. The topological polar surface area (TPSA) is 94.6 Å². The Morgan fingerprint density at radius 3 is 2.81 bits per heavy atom. The van der Waals surface area contributed by atoms with Crippen LogP contribution in [0, 0.1) is 6.92 Å². The van der Waals surface area contributed by atoms with E-state index >= 15 is 0 Å². The Labute approximate surface area is 157 Å². The average molecular weight is 370 g/mol. The number of ether oxygens (including phenoxy) is 3. The van der Waals surface area contributed by atoms with Gasteiger partial charge in [-0.15, -0.1) is 0 Å². The number of aryl methyl sites for hydroxylation is 1. The largest absolute Gasteiger partial charge is 0.486 e. The lowest BCUT2D eigenvalue weighted by Gasteiger charge is -2.19. The number of benzene rings is 1. The average Bonchev–Trinajstić information content (AvgIpc) is 3.19. The van der Waals surface area contributed by atoms with E-state index in [2.05, 4.69) is 20.6 Å². The lowest BCUT2D eigenvalue weighted by atomic mass is 10.2. The van der Waals surface area contributed by atoms with E-state index in [-0.39, 0.29) is 12.0 Å². The van der Waals surface area contributed by atoms with E-state index in [1.807, 2.05) is 25.1 Å². The molecule has 1 aromatic heterocycles. The van der Waals surface area contributed by atoms with Crippen molar-refractivity contribution in [2.24, 2.45) is 0 Å². The molecule has 0 radical (unpaired) electrons. The molecule has 2 aromatic rings. The smallest absolute Gasteiger partial charge is 0.270 e. The molecule has 2 aliphatic rings. The molecule has 142 valence electrons. The van der Waals surface area contributed by atoms with Crippen molar-refractivity contribution in [3.63, 3.8) is 0 Å². The second kappa shape index (κ2) is 7.79. The first-order chi connectivity index (χ1) is 13.2. The normalized spacial score (nSPS) is 18.2. The fourth-order valence-corrected chi connectivity index (χ4v) is 3.09. The van der Waals surface area contributed by atoms with Crippen LogP contribution in [-0.2, 0) is 4.74 Å². The van der Waals surface area contributed by atoms with Gasteiger partial charge in [0.1, 0.15) is 18.9 Å². The zero-order valence-electron chi connectivity index (χ0n) is 15.2. The Morgan fingerprint density at radius 1 is 1.15 bits per heavy atom. The van der Waals surface area contributed by atoms with Gasteiger partial charge in [-0.2, -0.15) is 0 Å². The Balaban J connectivity index is 1.46. The molecule has 1 amide bonds. The first kappa shape index (κ1) is 17.5. The van der Waals surface area contributed by atoms with Gasteiger partial charge in [0.15, 0.2) is 11.5 Å². The van der Waals surface area contributed by atoms with Crippen LogP contribution in [0.1, 0.15) is 29.0 Å². The van der Waals surface area contributed by atoms with Crippen molar-refractivity contribution >= 4 is 17.5 Å². The summed E-state index contributed by atoms with van der Waals surface area (Å²) in [7, 11) is 0. The summed E-state index contributed by atoms with van der Waals surface area (Å²) in [6.45, 7) is 4.15. The summed E-state index contributed by atoms with van der Waals surface area (Å²) >= 11 is 0. The van der Waals surface area contributed by atoms with Crippen molar-refractivity contribution in [3.8, 4) is 11.5 Å². The van der Waals surface area contributed by atoms with E-state index in [0.717, 1.165) is 25.1 Å². The van der Waals surface area contributed by atoms with Crippen molar-refractivity contribution in [2.75, 3.05) is 31.7 Å². The predicted octanol–water partition coefficient (Wildman–Crippen LogP) is 2.21. The molecule has 1 unspecified atom stereocenters. The number of rotatable bonds is 5. The molecular formula is C19H22N4O4. The molecule has 4 rings (SSSR count). The molecule has 0 saturated carbocycles. The van der Waals surface area contributed by atoms with Gasteiger partial charge in [0.2, 0.25) is 5.95 Å². The van der Waals surface area contributed by atoms with Gasteiger partial charge < -0.3 is 24.8 Å². The van der Waals surface area contributed by atoms with Crippen molar-refractivity contribution in [3.05, 3.63) is 35.7 Å². The highest BCUT2D eigenvalue weighted by Gasteiger charge is 2.18. The van der Waals surface area contributed by atoms with Crippen LogP contribution in [0.5, 0.6) is 11.5 Å². The van der Waals surface area contributed by atoms with Crippen LogP contribution in [0.2, 0.25) is 0 Å². The van der Waals surface area contributed by atoms with E-state index < -0.39 is 0 Å². The molecule has 0 bridgehead atoms. The predicted molar refractivity (Wildman–Crippen MR) is 98.8 cm³/mol. The highest BCUT2D eigenvalue weighted by atomic mass is 16.6. The summed E-state index contributed by atoms with van der Waals surface area (Å²) in [5, 5.41) is 6.01. The summed E-state index contributed by atoms with van der Waals surface area (Å²) in [6.07, 6.45) is 2.10. The maximum absolute atomic E-state index is 12.4. The standard InChI is InChI=1S/C19H22N4O4/c1-12-9-15(18(24)20-11-14-3-2-6-25-14)23-19(21-12)22-13-4-5-16-17(10-13)27-8-7-26-16/h4-5,9-10,14H,2-3,6-8,11H2,1H3,(H,20,24)(H,21,22,23). The molecule has 2 aliphatic heterocycles. The molecule has 0 aliphatic carbocycles. The van der Waals surface area contributed by atoms with E-state index in [1.54, 1.807) is 6.07 Å². The Morgan fingerprint density at radius 2 is 2.00 bits per heavy atom. The number of nitrogens with one attached hydrogen (secondary N) is 2. The summed E-state index contributed by atoms with van der Waals surface area (Å²) in [6, 6.07) is 7.19. The van der Waals surface area contributed by atoms with E-state index in [1.165, 1.54) is 0 Å². The van der Waals surface area contributed by atoms with Crippen LogP contribution in [0.3, 0.4) is 0 Å². The summed E-state index contributed by atoms with van der Waals surface area (Å²) in [5.41, 5.74) is 1.78. The van der Waals surface area contributed by atoms with Crippen LogP contribution >= 0.6 is 0 Å². The molecule has 1 fully saturated rings. The van der Waals surface area contributed by atoms with E-state index in [0.29, 0.717) is 48.6 Å². The Kier molecular flexibility index (Phi) is 5.06. The minimum absolute atomic E-state index is 0.0900. The lowest BCUT2D eigenvalue weighted by Crippen LogP contribution is -2.32. The fraction of sp³-hybridized carbons (Fsp3) is 0.421. The second-order valence-corrected chi connectivity index (χ2v) is 6.55. The van der Waals surface area contributed by atoms with E-state index in [4.69, 9.17) is 14.2 Å². The number of nitrogens with zero attached hydrogens (tertiary/aromatic N) is 2. The first-order valence-electron chi connectivity index (χ1n) is 9.09. The summed E-state index contributed by atoms with van der Waals surface area (Å²) in [5.74, 6) is 1.51. The third kappa shape index (κ3) is 4.28. The van der Waals surface area contributed by atoms with Gasteiger partial charge in [-0.3, -0.25) is 4.79 Å². The molecule has 1 saturated heterocycles. The highest BCUT2D eigenvalue weighted by molar-refractivity contribution is 5.92. The van der Waals surface area contributed by atoms with Gasteiger partial charge in [-0.1, -0.05) is 0 Å². The van der Waals surface area contributed by atoms with Crippen LogP contribution in [-0.4, -0.2) is 48.3 Å². The minimum atomic E-state index is -0.235. The van der Waals surface area contributed by atoms with E-state index in [9.17, 15) is 4.79 Å². The molecule has 0 spiro atoms. The van der Waals surface area contributed by atoms with Crippen LogP contribution < -0.4 is 20.1 Å². The number of anilines is 2. The summed E-state index contributed by atoms with van der Waals surface area (Å²) in [4.78, 5) is 21.1. The van der Waals surface area contributed by atoms with Crippen molar-refractivity contribution in [1.29, 1.82) is 0 Å². The molecular weight excluding hydrogens is 348 g/mol. The van der Waals surface area contributed by atoms with Crippen molar-refractivity contribution in [2.45, 2.75) is 25.9 Å². The van der Waals surface area contributed by atoms with Gasteiger partial charge in [0.25, 0.3) is 5.91 Å². The van der Waals surface area contributed by atoms with Crippen LogP contribution in [0.25, 0.3) is 0 Å². The molecule has 8 nitrogen and oxygen atoms in total. The number of aromatic nitrogens is 2. The monoisotopic (exact) mass is 370 g/mol. The maximum Gasteiger partial charge on any atom is 0.270 e. The Bertz CT molecular complexity index is 836. The Hall–Kier alpha value is -2.87. The first-order valence-corrected chi connectivity index (χ1v) is 9.09. The fourth-order valence-electron chi connectivity index (χ4n) is 3.09. The zero-order valence-corrected chi connectivity index (χ0v) is 15.2. The van der Waals surface area contributed by atoms with Crippen molar-refractivity contribution < 1.29 is 19.0 Å². The third-order valence-electron chi connectivity index (χ3n) is 4.40. The van der Waals surface area contributed by atoms with Gasteiger partial charge in [-0.25, -0.2) is 9.97 Å². The number of carbonyl (C=O) groups excluding carboxylic acids is 1. The SMILES string of the molecule is Cc1cc(C(=O)NCC2CCCO2)nc(Nc2ccc3c(c2)OCCO3)n1. The molecule has 27 heavy (non-hydrogen) atoms. The van der Waals surface area contributed by atoms with Gasteiger partial charge in [0.05, 0.1) is 6.10 Å². The second-order valence-electron chi connectivity index (χ2n) is 6.55. The lowest BCUT2D eigenvalue weighted by molar-refractivity contribution is 0.0853. The molecule has 3 heterocycles. The number of carbonyl (C=O) groups is 1. The minimum Gasteiger partial charge on any atom is -0.486 e. The number of amides is 1. The van der Waals surface area contributed by atoms with Crippen LogP contribution in [0.4, 0.5) is 11.6 Å². The van der Waals surface area contributed by atoms with Gasteiger partial charge in [-0.05, 0) is 38.0 Å².